The number of carbonyl (C=O) groups is 1. The third-order valence-corrected chi connectivity index (χ3v) is 4.29. The fourth-order valence-electron chi connectivity index (χ4n) is 3.04. The van der Waals surface area contributed by atoms with E-state index < -0.39 is 0 Å². The molecule has 1 saturated heterocycles. The monoisotopic (exact) mass is 275 g/mol. The number of hydrogen-bond donors (Lipinski definition) is 1. The van der Waals surface area contributed by atoms with Gasteiger partial charge in [-0.3, -0.25) is 4.79 Å². The highest BCUT2D eigenvalue weighted by Gasteiger charge is 2.39. The lowest BCUT2D eigenvalue weighted by Crippen LogP contribution is -2.47. The number of carbonyl (C=O) groups excluding carboxylic acids is 1. The van der Waals surface area contributed by atoms with Crippen molar-refractivity contribution in [3.63, 3.8) is 0 Å². The SMILES string of the molecule is CCC1(C(=O)c2ccc3c(c2)OCCCO3)CCCN1. The quantitative estimate of drug-likeness (QED) is 0.861. The summed E-state index contributed by atoms with van der Waals surface area (Å²) >= 11 is 0. The van der Waals surface area contributed by atoms with Crippen molar-refractivity contribution in [2.24, 2.45) is 0 Å². The van der Waals surface area contributed by atoms with E-state index in [9.17, 15) is 4.79 Å². The molecule has 1 fully saturated rings. The number of benzene rings is 1. The molecule has 0 amide bonds. The maximum absolute atomic E-state index is 12.8. The molecule has 20 heavy (non-hydrogen) atoms. The molecule has 0 saturated carbocycles. The fourth-order valence-corrected chi connectivity index (χ4v) is 3.04. The highest BCUT2D eigenvalue weighted by Crippen LogP contribution is 2.33. The first-order valence-corrected chi connectivity index (χ1v) is 7.45. The lowest BCUT2D eigenvalue weighted by atomic mass is 9.85. The molecule has 2 aliphatic rings. The Kier molecular flexibility index (Phi) is 3.66. The highest BCUT2D eigenvalue weighted by molar-refractivity contribution is 6.03. The lowest BCUT2D eigenvalue weighted by Gasteiger charge is -2.26. The molecule has 4 heteroatoms. The van der Waals surface area contributed by atoms with E-state index in [1.165, 1.54) is 0 Å². The van der Waals surface area contributed by atoms with Crippen LogP contribution in [-0.4, -0.2) is 31.1 Å². The van der Waals surface area contributed by atoms with Crippen LogP contribution in [-0.2, 0) is 0 Å². The Balaban J connectivity index is 1.90. The second-order valence-corrected chi connectivity index (χ2v) is 5.51. The van der Waals surface area contributed by atoms with E-state index in [0.717, 1.165) is 38.0 Å². The smallest absolute Gasteiger partial charge is 0.182 e. The summed E-state index contributed by atoms with van der Waals surface area (Å²) in [6.45, 7) is 4.30. The van der Waals surface area contributed by atoms with Gasteiger partial charge in [-0.2, -0.15) is 0 Å². The summed E-state index contributed by atoms with van der Waals surface area (Å²) in [5.74, 6) is 1.61. The molecular formula is C16H21NO3. The van der Waals surface area contributed by atoms with Gasteiger partial charge in [0.05, 0.1) is 18.8 Å². The maximum atomic E-state index is 12.8. The van der Waals surface area contributed by atoms with Crippen LogP contribution in [0.1, 0.15) is 43.0 Å². The van der Waals surface area contributed by atoms with Crippen LogP contribution in [0.2, 0.25) is 0 Å². The Morgan fingerprint density at radius 1 is 1.25 bits per heavy atom. The molecule has 0 aliphatic carbocycles. The first kappa shape index (κ1) is 13.4. The number of fused-ring (bicyclic) bond motifs is 1. The van der Waals surface area contributed by atoms with Gasteiger partial charge in [0.25, 0.3) is 0 Å². The summed E-state index contributed by atoms with van der Waals surface area (Å²) in [7, 11) is 0. The Morgan fingerprint density at radius 3 is 2.75 bits per heavy atom. The van der Waals surface area contributed by atoms with Gasteiger partial charge in [-0.1, -0.05) is 6.92 Å². The third kappa shape index (κ3) is 2.29. The van der Waals surface area contributed by atoms with Crippen LogP contribution in [0.4, 0.5) is 0 Å². The number of Topliss-reactive ketones (excluding diaryl/α,β-unsaturated/α-hetero) is 1. The standard InChI is InChI=1S/C16H21NO3/c1-2-16(7-3-8-17-16)15(18)12-5-6-13-14(11-12)20-10-4-9-19-13/h5-6,11,17H,2-4,7-10H2,1H3. The molecule has 1 unspecified atom stereocenters. The van der Waals surface area contributed by atoms with Gasteiger partial charge in [-0.25, -0.2) is 0 Å². The molecule has 0 spiro atoms. The average Bonchev–Trinajstić information content (AvgIpc) is 2.85. The van der Waals surface area contributed by atoms with Crippen LogP contribution < -0.4 is 14.8 Å². The van der Waals surface area contributed by atoms with Crippen molar-refractivity contribution in [2.45, 2.75) is 38.1 Å². The molecule has 4 nitrogen and oxygen atoms in total. The van der Waals surface area contributed by atoms with Crippen LogP contribution in [0.3, 0.4) is 0 Å². The second-order valence-electron chi connectivity index (χ2n) is 5.51. The van der Waals surface area contributed by atoms with Gasteiger partial charge in [0.2, 0.25) is 0 Å². The molecule has 2 aliphatic heterocycles. The van der Waals surface area contributed by atoms with Crippen molar-refractivity contribution in [1.29, 1.82) is 0 Å². The summed E-state index contributed by atoms with van der Waals surface area (Å²) in [4.78, 5) is 12.8. The minimum absolute atomic E-state index is 0.174. The van der Waals surface area contributed by atoms with Gasteiger partial charge >= 0.3 is 0 Å². The Bertz CT molecular complexity index is 506. The summed E-state index contributed by atoms with van der Waals surface area (Å²) in [5, 5.41) is 3.39. The zero-order valence-corrected chi connectivity index (χ0v) is 11.9. The number of ketones is 1. The van der Waals surface area contributed by atoms with E-state index in [-0.39, 0.29) is 11.3 Å². The fraction of sp³-hybridized carbons (Fsp3) is 0.562. The van der Waals surface area contributed by atoms with Gasteiger partial charge in [0.1, 0.15) is 0 Å². The number of nitrogens with one attached hydrogen (secondary N) is 1. The summed E-state index contributed by atoms with van der Waals surface area (Å²) in [6, 6.07) is 5.54. The van der Waals surface area contributed by atoms with E-state index in [4.69, 9.17) is 9.47 Å². The summed E-state index contributed by atoms with van der Waals surface area (Å²) in [6.07, 6.45) is 3.67. The molecule has 108 valence electrons. The van der Waals surface area contributed by atoms with E-state index >= 15 is 0 Å². The lowest BCUT2D eigenvalue weighted by molar-refractivity contribution is 0.0863. The molecule has 1 atom stereocenters. The number of rotatable bonds is 3. The molecule has 2 heterocycles. The van der Waals surface area contributed by atoms with Gasteiger partial charge in [-0.05, 0) is 44.0 Å². The molecule has 1 aromatic rings. The topological polar surface area (TPSA) is 47.6 Å². The number of ether oxygens (including phenoxy) is 2. The maximum Gasteiger partial charge on any atom is 0.182 e. The normalized spacial score (nSPS) is 25.2. The highest BCUT2D eigenvalue weighted by atomic mass is 16.5. The molecule has 0 aromatic heterocycles. The predicted molar refractivity (Wildman–Crippen MR) is 76.6 cm³/mol. The van der Waals surface area contributed by atoms with Crippen LogP contribution in [0.25, 0.3) is 0 Å². The third-order valence-electron chi connectivity index (χ3n) is 4.29. The molecule has 3 rings (SSSR count). The first-order valence-electron chi connectivity index (χ1n) is 7.45. The molecule has 1 N–H and O–H groups in total. The van der Waals surface area contributed by atoms with Gasteiger partial charge < -0.3 is 14.8 Å². The van der Waals surface area contributed by atoms with Crippen molar-refractivity contribution >= 4 is 5.78 Å². The van der Waals surface area contributed by atoms with Crippen LogP contribution >= 0.6 is 0 Å². The van der Waals surface area contributed by atoms with Gasteiger partial charge in [-0.15, -0.1) is 0 Å². The van der Waals surface area contributed by atoms with Crippen LogP contribution in [0.5, 0.6) is 11.5 Å². The Labute approximate surface area is 119 Å². The van der Waals surface area contributed by atoms with E-state index in [0.29, 0.717) is 24.5 Å². The summed E-state index contributed by atoms with van der Waals surface area (Å²) in [5.41, 5.74) is 0.324. The van der Waals surface area contributed by atoms with Crippen molar-refractivity contribution in [1.82, 2.24) is 5.32 Å². The molecule has 0 bridgehead atoms. The molecule has 0 radical (unpaired) electrons. The van der Waals surface area contributed by atoms with Crippen LogP contribution in [0.15, 0.2) is 18.2 Å². The van der Waals surface area contributed by atoms with E-state index in [1.807, 2.05) is 18.2 Å². The second kappa shape index (κ2) is 5.44. The minimum Gasteiger partial charge on any atom is -0.490 e. The average molecular weight is 275 g/mol. The van der Waals surface area contributed by atoms with Gasteiger partial charge in [0.15, 0.2) is 17.3 Å². The van der Waals surface area contributed by atoms with Gasteiger partial charge in [0, 0.05) is 12.0 Å². The largest absolute Gasteiger partial charge is 0.490 e. The van der Waals surface area contributed by atoms with Crippen molar-refractivity contribution in [3.05, 3.63) is 23.8 Å². The Hall–Kier alpha value is -1.55. The molecule has 1 aromatic carbocycles. The summed E-state index contributed by atoms with van der Waals surface area (Å²) < 4.78 is 11.3. The molecular weight excluding hydrogens is 254 g/mol. The van der Waals surface area contributed by atoms with Crippen molar-refractivity contribution in [3.8, 4) is 11.5 Å². The minimum atomic E-state index is -0.389. The van der Waals surface area contributed by atoms with Crippen molar-refractivity contribution in [2.75, 3.05) is 19.8 Å². The van der Waals surface area contributed by atoms with Crippen molar-refractivity contribution < 1.29 is 14.3 Å². The Morgan fingerprint density at radius 2 is 2.05 bits per heavy atom. The van der Waals surface area contributed by atoms with E-state index in [1.54, 1.807) is 0 Å². The number of hydrogen-bond acceptors (Lipinski definition) is 4. The van der Waals surface area contributed by atoms with Crippen LogP contribution in [0, 0.1) is 0 Å². The first-order chi connectivity index (χ1) is 9.75. The predicted octanol–water partition coefficient (Wildman–Crippen LogP) is 2.56. The zero-order valence-electron chi connectivity index (χ0n) is 11.9. The zero-order chi connectivity index (χ0) is 14.0. The van der Waals surface area contributed by atoms with E-state index in [2.05, 4.69) is 12.2 Å².